The van der Waals surface area contributed by atoms with E-state index in [9.17, 15) is 4.79 Å². The van der Waals surface area contributed by atoms with Gasteiger partial charge in [0.15, 0.2) is 0 Å². The molecule has 0 radical (unpaired) electrons. The molecule has 1 saturated heterocycles. The number of halogens is 1. The number of nitrogens with two attached hydrogens (primary N) is 1. The predicted molar refractivity (Wildman–Crippen MR) is 80.8 cm³/mol. The third-order valence-electron chi connectivity index (χ3n) is 3.75. The highest BCUT2D eigenvalue weighted by atomic mass is 79.9. The lowest BCUT2D eigenvalue weighted by Gasteiger charge is -2.38. The third kappa shape index (κ3) is 3.80. The molecule has 1 fully saturated rings. The van der Waals surface area contributed by atoms with E-state index in [1.807, 2.05) is 36.1 Å². The topological polar surface area (TPSA) is 46.3 Å². The van der Waals surface area contributed by atoms with Gasteiger partial charge in [0.25, 0.3) is 0 Å². The molecular weight excluding hydrogens is 304 g/mol. The average Bonchev–Trinajstić information content (AvgIpc) is 2.41. The van der Waals surface area contributed by atoms with Crippen LogP contribution in [0.4, 0.5) is 0 Å². The van der Waals surface area contributed by atoms with Crippen molar-refractivity contribution < 1.29 is 4.79 Å². The monoisotopic (exact) mass is 324 g/mol. The Morgan fingerprint density at radius 1 is 1.42 bits per heavy atom. The molecule has 2 atom stereocenters. The fourth-order valence-electron chi connectivity index (χ4n) is 2.69. The van der Waals surface area contributed by atoms with Crippen molar-refractivity contribution in [2.45, 2.75) is 44.7 Å². The molecule has 3 nitrogen and oxygen atoms in total. The molecule has 0 aromatic heterocycles. The van der Waals surface area contributed by atoms with Crippen LogP contribution >= 0.6 is 15.9 Å². The Morgan fingerprint density at radius 2 is 2.11 bits per heavy atom. The van der Waals surface area contributed by atoms with Gasteiger partial charge in [0.2, 0.25) is 5.91 Å². The van der Waals surface area contributed by atoms with Crippen molar-refractivity contribution in [3.8, 4) is 0 Å². The van der Waals surface area contributed by atoms with Gasteiger partial charge in [-0.1, -0.05) is 28.1 Å². The number of rotatable bonds is 3. The van der Waals surface area contributed by atoms with E-state index < -0.39 is 0 Å². The molecule has 104 valence electrons. The van der Waals surface area contributed by atoms with E-state index in [2.05, 4.69) is 15.9 Å². The van der Waals surface area contributed by atoms with Gasteiger partial charge < -0.3 is 10.6 Å². The van der Waals surface area contributed by atoms with Crippen LogP contribution < -0.4 is 5.73 Å². The molecule has 4 heteroatoms. The molecule has 1 amide bonds. The van der Waals surface area contributed by atoms with Crippen molar-refractivity contribution in [3.05, 3.63) is 34.3 Å². The van der Waals surface area contributed by atoms with Gasteiger partial charge in [-0.25, -0.2) is 0 Å². The molecule has 1 aliphatic rings. The molecule has 0 bridgehead atoms. The van der Waals surface area contributed by atoms with Crippen LogP contribution in [0.2, 0.25) is 0 Å². The predicted octanol–water partition coefficient (Wildman–Crippen LogP) is 2.72. The highest BCUT2D eigenvalue weighted by Crippen LogP contribution is 2.20. The maximum atomic E-state index is 12.4. The molecule has 1 aliphatic heterocycles. The largest absolute Gasteiger partial charge is 0.338 e. The maximum Gasteiger partial charge on any atom is 0.227 e. The lowest BCUT2D eigenvalue weighted by molar-refractivity contribution is -0.134. The number of carbonyl (C=O) groups is 1. The van der Waals surface area contributed by atoms with Gasteiger partial charge in [0.05, 0.1) is 6.42 Å². The van der Waals surface area contributed by atoms with Crippen LogP contribution in [0.25, 0.3) is 0 Å². The number of carbonyl (C=O) groups excluding carboxylic acids is 1. The molecule has 19 heavy (non-hydrogen) atoms. The van der Waals surface area contributed by atoms with Crippen LogP contribution in [0, 0.1) is 0 Å². The van der Waals surface area contributed by atoms with Gasteiger partial charge >= 0.3 is 0 Å². The zero-order valence-electron chi connectivity index (χ0n) is 11.3. The molecule has 0 saturated carbocycles. The molecule has 2 rings (SSSR count). The fraction of sp³-hybridized carbons (Fsp3) is 0.533. The second kappa shape index (κ2) is 6.53. The molecule has 0 spiro atoms. The Kier molecular flexibility index (Phi) is 4.99. The van der Waals surface area contributed by atoms with E-state index in [1.165, 1.54) is 6.42 Å². The summed E-state index contributed by atoms with van der Waals surface area (Å²) in [6.45, 7) is 2.84. The molecule has 1 aromatic carbocycles. The molecule has 0 aliphatic carbocycles. The molecule has 1 aromatic rings. The Bertz CT molecular complexity index is 430. The minimum atomic E-state index is 0.0502. The Balaban J connectivity index is 2.03. The summed E-state index contributed by atoms with van der Waals surface area (Å²) in [5.41, 5.74) is 7.07. The fourth-order valence-corrected chi connectivity index (χ4v) is 2.96. The van der Waals surface area contributed by atoms with Gasteiger partial charge in [0, 0.05) is 23.1 Å². The highest BCUT2D eigenvalue weighted by molar-refractivity contribution is 9.10. The van der Waals surface area contributed by atoms with Crippen molar-refractivity contribution in [1.82, 2.24) is 4.90 Å². The Hall–Kier alpha value is -0.870. The zero-order valence-corrected chi connectivity index (χ0v) is 12.9. The summed E-state index contributed by atoms with van der Waals surface area (Å²) >= 11 is 3.41. The number of nitrogens with zero attached hydrogens (tertiary/aromatic N) is 1. The van der Waals surface area contributed by atoms with Crippen molar-refractivity contribution in [1.29, 1.82) is 0 Å². The molecular formula is C15H21BrN2O. The van der Waals surface area contributed by atoms with E-state index >= 15 is 0 Å². The van der Waals surface area contributed by atoms with Crippen LogP contribution in [-0.4, -0.2) is 29.4 Å². The number of hydrogen-bond acceptors (Lipinski definition) is 2. The van der Waals surface area contributed by atoms with Crippen LogP contribution in [-0.2, 0) is 11.2 Å². The van der Waals surface area contributed by atoms with E-state index in [0.29, 0.717) is 6.42 Å². The number of piperidine rings is 1. The number of amides is 1. The minimum absolute atomic E-state index is 0.0502. The number of benzene rings is 1. The van der Waals surface area contributed by atoms with Gasteiger partial charge in [-0.2, -0.15) is 0 Å². The van der Waals surface area contributed by atoms with Crippen molar-refractivity contribution >= 4 is 21.8 Å². The van der Waals surface area contributed by atoms with Crippen LogP contribution in [0.5, 0.6) is 0 Å². The second-order valence-corrected chi connectivity index (χ2v) is 6.23. The normalized spacial score (nSPS) is 21.2. The molecule has 2 N–H and O–H groups in total. The summed E-state index contributed by atoms with van der Waals surface area (Å²) in [6, 6.07) is 8.19. The summed E-state index contributed by atoms with van der Waals surface area (Å²) in [5, 5.41) is 0. The first-order valence-corrected chi connectivity index (χ1v) is 7.66. The first kappa shape index (κ1) is 14.5. The lowest BCUT2D eigenvalue weighted by Crippen LogP contribution is -2.52. The molecule has 1 heterocycles. The summed E-state index contributed by atoms with van der Waals surface area (Å²) in [4.78, 5) is 14.4. The SMILES string of the molecule is CC(N)C1CCCCN1C(=O)Cc1ccc(Br)cc1. The minimum Gasteiger partial charge on any atom is -0.338 e. The van der Waals surface area contributed by atoms with E-state index in [1.54, 1.807) is 0 Å². The van der Waals surface area contributed by atoms with Gasteiger partial charge in [-0.05, 0) is 43.9 Å². The first-order valence-electron chi connectivity index (χ1n) is 6.87. The summed E-state index contributed by atoms with van der Waals surface area (Å²) in [6.07, 6.45) is 3.77. The zero-order chi connectivity index (χ0) is 13.8. The number of likely N-dealkylation sites (tertiary alicyclic amines) is 1. The summed E-state index contributed by atoms with van der Waals surface area (Å²) in [7, 11) is 0. The second-order valence-electron chi connectivity index (χ2n) is 5.31. The average molecular weight is 325 g/mol. The van der Waals surface area contributed by atoms with Crippen LogP contribution in [0.15, 0.2) is 28.7 Å². The Morgan fingerprint density at radius 3 is 2.74 bits per heavy atom. The van der Waals surface area contributed by atoms with E-state index in [4.69, 9.17) is 5.73 Å². The van der Waals surface area contributed by atoms with Crippen LogP contribution in [0.1, 0.15) is 31.7 Å². The quantitative estimate of drug-likeness (QED) is 0.929. The van der Waals surface area contributed by atoms with E-state index in [-0.39, 0.29) is 18.0 Å². The summed E-state index contributed by atoms with van der Waals surface area (Å²) < 4.78 is 1.04. The molecule has 2 unspecified atom stereocenters. The smallest absolute Gasteiger partial charge is 0.227 e. The van der Waals surface area contributed by atoms with Crippen molar-refractivity contribution in [3.63, 3.8) is 0 Å². The van der Waals surface area contributed by atoms with Crippen molar-refractivity contribution in [2.75, 3.05) is 6.54 Å². The van der Waals surface area contributed by atoms with Crippen molar-refractivity contribution in [2.24, 2.45) is 5.73 Å². The third-order valence-corrected chi connectivity index (χ3v) is 4.27. The van der Waals surface area contributed by atoms with Gasteiger partial charge in [-0.15, -0.1) is 0 Å². The van der Waals surface area contributed by atoms with E-state index in [0.717, 1.165) is 29.4 Å². The van der Waals surface area contributed by atoms with Gasteiger partial charge in [-0.3, -0.25) is 4.79 Å². The Labute approximate surface area is 123 Å². The maximum absolute atomic E-state index is 12.4. The van der Waals surface area contributed by atoms with Crippen LogP contribution in [0.3, 0.4) is 0 Å². The number of hydrogen-bond donors (Lipinski definition) is 1. The standard InChI is InChI=1S/C15H21BrN2O/c1-11(17)14-4-2-3-9-18(14)15(19)10-12-5-7-13(16)8-6-12/h5-8,11,14H,2-4,9-10,17H2,1H3. The van der Waals surface area contributed by atoms with Gasteiger partial charge in [0.1, 0.15) is 0 Å². The highest BCUT2D eigenvalue weighted by Gasteiger charge is 2.28. The lowest BCUT2D eigenvalue weighted by atomic mass is 9.96. The summed E-state index contributed by atoms with van der Waals surface area (Å²) in [5.74, 6) is 0.198. The first-order chi connectivity index (χ1) is 9.08.